The summed E-state index contributed by atoms with van der Waals surface area (Å²) in [6.07, 6.45) is 2.20. The quantitative estimate of drug-likeness (QED) is 0.444. The summed E-state index contributed by atoms with van der Waals surface area (Å²) in [6.45, 7) is 3.79. The molecule has 3 aromatic carbocycles. The predicted octanol–water partition coefficient (Wildman–Crippen LogP) is 5.70. The largest absolute Gasteiger partial charge is 0.371 e. The van der Waals surface area contributed by atoms with Crippen molar-refractivity contribution in [1.29, 1.82) is 0 Å². The molecule has 1 aliphatic heterocycles. The van der Waals surface area contributed by atoms with E-state index in [9.17, 15) is 9.59 Å². The lowest BCUT2D eigenvalue weighted by atomic mass is 10.1. The highest BCUT2D eigenvalue weighted by Gasteiger charge is 2.23. The van der Waals surface area contributed by atoms with Gasteiger partial charge >= 0.3 is 0 Å². The van der Waals surface area contributed by atoms with Crippen LogP contribution < -0.4 is 15.5 Å². The van der Waals surface area contributed by atoms with Gasteiger partial charge in [0.05, 0.1) is 11.6 Å². The Morgan fingerprint density at radius 1 is 0.879 bits per heavy atom. The van der Waals surface area contributed by atoms with Crippen LogP contribution in [0.1, 0.15) is 52.7 Å². The highest BCUT2D eigenvalue weighted by molar-refractivity contribution is 6.32. The van der Waals surface area contributed by atoms with Crippen LogP contribution in [0.2, 0.25) is 0 Å². The Kier molecular flexibility index (Phi) is 7.30. The molecule has 0 aliphatic carbocycles. The van der Waals surface area contributed by atoms with Crippen molar-refractivity contribution < 1.29 is 9.59 Å². The SMILES string of the molecule is CC(NC(=O)c1cc(NC(=O)C(Cl)c2ccccc2)ccc1N1CCCC1)c1ccccc1. The Morgan fingerprint density at radius 2 is 1.48 bits per heavy atom. The van der Waals surface area contributed by atoms with Crippen LogP contribution in [0.15, 0.2) is 78.9 Å². The maximum Gasteiger partial charge on any atom is 0.253 e. The monoisotopic (exact) mass is 461 g/mol. The van der Waals surface area contributed by atoms with E-state index in [1.807, 2.05) is 79.7 Å². The van der Waals surface area contributed by atoms with Gasteiger partial charge in [0.1, 0.15) is 5.38 Å². The van der Waals surface area contributed by atoms with Crippen LogP contribution in [-0.2, 0) is 4.79 Å². The standard InChI is InChI=1S/C27H28ClN3O2/c1-19(20-10-4-2-5-11-20)29-26(32)23-18-22(14-15-24(23)31-16-8-9-17-31)30-27(33)25(28)21-12-6-3-7-13-21/h2-7,10-15,18-19,25H,8-9,16-17H2,1H3,(H,29,32)(H,30,33). The molecule has 6 heteroatoms. The number of hydrogen-bond donors (Lipinski definition) is 2. The molecular formula is C27H28ClN3O2. The minimum atomic E-state index is -0.820. The van der Waals surface area contributed by atoms with Crippen molar-refractivity contribution in [1.82, 2.24) is 5.32 Å². The zero-order chi connectivity index (χ0) is 23.2. The summed E-state index contributed by atoms with van der Waals surface area (Å²) >= 11 is 6.38. The number of halogens is 1. The number of amides is 2. The van der Waals surface area contributed by atoms with Crippen LogP contribution >= 0.6 is 11.6 Å². The van der Waals surface area contributed by atoms with Gasteiger partial charge in [-0.1, -0.05) is 60.7 Å². The molecule has 0 radical (unpaired) electrons. The lowest BCUT2D eigenvalue weighted by Gasteiger charge is -2.23. The van der Waals surface area contributed by atoms with E-state index in [-0.39, 0.29) is 17.9 Å². The third-order valence-corrected chi connectivity index (χ3v) is 6.38. The Morgan fingerprint density at radius 3 is 2.12 bits per heavy atom. The number of anilines is 2. The van der Waals surface area contributed by atoms with Crippen LogP contribution in [0.4, 0.5) is 11.4 Å². The predicted molar refractivity (Wildman–Crippen MR) is 134 cm³/mol. The van der Waals surface area contributed by atoms with E-state index in [1.165, 1.54) is 0 Å². The molecule has 2 amide bonds. The first-order valence-corrected chi connectivity index (χ1v) is 11.7. The normalized spacial score (nSPS) is 15.0. The van der Waals surface area contributed by atoms with Gasteiger partial charge in [-0.05, 0) is 49.1 Å². The summed E-state index contributed by atoms with van der Waals surface area (Å²) in [7, 11) is 0. The minimum Gasteiger partial charge on any atom is -0.371 e. The average Bonchev–Trinajstić information content (AvgIpc) is 3.39. The maximum atomic E-state index is 13.3. The Balaban J connectivity index is 1.56. The van der Waals surface area contributed by atoms with Gasteiger partial charge in [-0.15, -0.1) is 11.6 Å². The van der Waals surface area contributed by atoms with Crippen molar-refractivity contribution in [2.75, 3.05) is 23.3 Å². The Labute approximate surface area is 199 Å². The molecule has 33 heavy (non-hydrogen) atoms. The molecule has 0 aromatic heterocycles. The van der Waals surface area contributed by atoms with E-state index in [0.717, 1.165) is 42.7 Å². The van der Waals surface area contributed by atoms with Crippen molar-refractivity contribution in [3.8, 4) is 0 Å². The van der Waals surface area contributed by atoms with Gasteiger partial charge in [0.15, 0.2) is 0 Å². The Hall–Kier alpha value is -3.31. The van der Waals surface area contributed by atoms with Crippen LogP contribution in [0.25, 0.3) is 0 Å². The molecule has 2 unspecified atom stereocenters. The summed E-state index contributed by atoms with van der Waals surface area (Å²) in [6, 6.07) is 24.4. The highest BCUT2D eigenvalue weighted by Crippen LogP contribution is 2.29. The molecule has 1 fully saturated rings. The molecule has 0 spiro atoms. The van der Waals surface area contributed by atoms with Gasteiger partial charge < -0.3 is 15.5 Å². The number of carbonyl (C=O) groups excluding carboxylic acids is 2. The number of alkyl halides is 1. The number of nitrogens with zero attached hydrogens (tertiary/aromatic N) is 1. The Bertz CT molecular complexity index is 1100. The summed E-state index contributed by atoms with van der Waals surface area (Å²) in [5, 5.41) is 5.15. The number of benzene rings is 3. The fraction of sp³-hybridized carbons (Fsp3) is 0.259. The molecule has 3 aromatic rings. The van der Waals surface area contributed by atoms with Crippen LogP contribution in [0, 0.1) is 0 Å². The van der Waals surface area contributed by atoms with Gasteiger partial charge in [-0.2, -0.15) is 0 Å². The van der Waals surface area contributed by atoms with E-state index in [1.54, 1.807) is 6.07 Å². The number of carbonyl (C=O) groups is 2. The van der Waals surface area contributed by atoms with Gasteiger partial charge in [-0.3, -0.25) is 9.59 Å². The molecule has 1 heterocycles. The first-order valence-electron chi connectivity index (χ1n) is 11.3. The topological polar surface area (TPSA) is 61.4 Å². The molecule has 0 bridgehead atoms. The molecule has 170 valence electrons. The third-order valence-electron chi connectivity index (χ3n) is 5.93. The molecule has 2 N–H and O–H groups in total. The number of hydrogen-bond acceptors (Lipinski definition) is 3. The van der Waals surface area contributed by atoms with E-state index < -0.39 is 5.38 Å². The van der Waals surface area contributed by atoms with Gasteiger partial charge in [-0.25, -0.2) is 0 Å². The molecule has 5 nitrogen and oxygen atoms in total. The molecule has 0 saturated carbocycles. The highest BCUT2D eigenvalue weighted by atomic mass is 35.5. The van der Waals surface area contributed by atoms with Gasteiger partial charge in [0.2, 0.25) is 5.91 Å². The van der Waals surface area contributed by atoms with E-state index >= 15 is 0 Å². The van der Waals surface area contributed by atoms with Gasteiger partial charge in [0.25, 0.3) is 5.91 Å². The zero-order valence-corrected chi connectivity index (χ0v) is 19.4. The van der Waals surface area contributed by atoms with Crippen molar-refractivity contribution >= 4 is 34.8 Å². The van der Waals surface area contributed by atoms with Crippen molar-refractivity contribution in [2.45, 2.75) is 31.2 Å². The van der Waals surface area contributed by atoms with Crippen LogP contribution in [-0.4, -0.2) is 24.9 Å². The summed E-state index contributed by atoms with van der Waals surface area (Å²) in [5.74, 6) is -0.504. The first-order chi connectivity index (χ1) is 16.0. The van der Waals surface area contributed by atoms with E-state index in [0.29, 0.717) is 11.3 Å². The van der Waals surface area contributed by atoms with Crippen molar-refractivity contribution in [3.63, 3.8) is 0 Å². The first kappa shape index (κ1) is 22.9. The maximum absolute atomic E-state index is 13.3. The lowest BCUT2D eigenvalue weighted by molar-refractivity contribution is -0.116. The minimum absolute atomic E-state index is 0.145. The molecule has 1 saturated heterocycles. The van der Waals surface area contributed by atoms with Crippen LogP contribution in [0.5, 0.6) is 0 Å². The summed E-state index contributed by atoms with van der Waals surface area (Å²) in [5.41, 5.74) is 3.73. The number of nitrogens with one attached hydrogen (secondary N) is 2. The summed E-state index contributed by atoms with van der Waals surface area (Å²) in [4.78, 5) is 28.3. The number of rotatable bonds is 7. The second kappa shape index (κ2) is 10.5. The second-order valence-electron chi connectivity index (χ2n) is 8.29. The van der Waals surface area contributed by atoms with Crippen LogP contribution in [0.3, 0.4) is 0 Å². The fourth-order valence-corrected chi connectivity index (χ4v) is 4.31. The molecule has 1 aliphatic rings. The molecular weight excluding hydrogens is 434 g/mol. The van der Waals surface area contributed by atoms with E-state index in [2.05, 4.69) is 15.5 Å². The lowest BCUT2D eigenvalue weighted by Crippen LogP contribution is -2.29. The summed E-state index contributed by atoms with van der Waals surface area (Å²) < 4.78 is 0. The van der Waals surface area contributed by atoms with Crippen molar-refractivity contribution in [3.05, 3.63) is 95.6 Å². The third kappa shape index (κ3) is 5.55. The average molecular weight is 462 g/mol. The van der Waals surface area contributed by atoms with Crippen molar-refractivity contribution in [2.24, 2.45) is 0 Å². The van der Waals surface area contributed by atoms with Gasteiger partial charge in [0, 0.05) is 24.5 Å². The zero-order valence-electron chi connectivity index (χ0n) is 18.6. The molecule has 4 rings (SSSR count). The fourth-order valence-electron chi connectivity index (χ4n) is 4.11. The smallest absolute Gasteiger partial charge is 0.253 e. The molecule has 2 atom stereocenters. The second-order valence-corrected chi connectivity index (χ2v) is 8.73. The van der Waals surface area contributed by atoms with E-state index in [4.69, 9.17) is 11.6 Å².